The lowest BCUT2D eigenvalue weighted by molar-refractivity contribution is 0.669. The van der Waals surface area contributed by atoms with E-state index in [2.05, 4.69) is 182 Å². The highest BCUT2D eigenvalue weighted by Gasteiger charge is 2.17. The topological polar surface area (TPSA) is 13.1 Å². The molecule has 53 heavy (non-hydrogen) atoms. The van der Waals surface area contributed by atoms with Crippen LogP contribution >= 0.6 is 0 Å². The third-order valence-electron chi connectivity index (χ3n) is 11.0. The van der Waals surface area contributed by atoms with Gasteiger partial charge in [0.25, 0.3) is 0 Å². The second-order valence-electron chi connectivity index (χ2n) is 14.1. The van der Waals surface area contributed by atoms with Gasteiger partial charge in [-0.1, -0.05) is 152 Å². The summed E-state index contributed by atoms with van der Waals surface area (Å²) < 4.78 is 6.08. The Balaban J connectivity index is 1.01. The Labute approximate surface area is 307 Å². The van der Waals surface area contributed by atoms with E-state index in [0.29, 0.717) is 0 Å². The van der Waals surface area contributed by atoms with Gasteiger partial charge in [0, 0.05) is 10.8 Å². The molecule has 11 aromatic rings. The molecule has 0 N–H and O–H groups in total. The van der Waals surface area contributed by atoms with Crippen molar-refractivity contribution < 1.29 is 4.42 Å². The molecule has 0 saturated carbocycles. The summed E-state index contributed by atoms with van der Waals surface area (Å²) in [6, 6.07) is 70.8. The lowest BCUT2D eigenvalue weighted by Crippen LogP contribution is -1.91. The van der Waals surface area contributed by atoms with Crippen LogP contribution in [0.1, 0.15) is 0 Å². The van der Waals surface area contributed by atoms with Crippen molar-refractivity contribution in [2.75, 3.05) is 0 Å². The Hall–Kier alpha value is -6.96. The summed E-state index contributed by atoms with van der Waals surface area (Å²) in [6.45, 7) is 0. The van der Waals surface area contributed by atoms with E-state index in [0.717, 1.165) is 21.9 Å². The van der Waals surface area contributed by atoms with E-state index in [4.69, 9.17) is 4.42 Å². The van der Waals surface area contributed by atoms with E-state index >= 15 is 0 Å². The van der Waals surface area contributed by atoms with E-state index in [1.165, 1.54) is 87.6 Å². The van der Waals surface area contributed by atoms with Gasteiger partial charge >= 0.3 is 0 Å². The molecule has 1 heterocycles. The molecule has 0 fully saturated rings. The Morgan fingerprint density at radius 2 is 0.642 bits per heavy atom. The van der Waals surface area contributed by atoms with Crippen molar-refractivity contribution in [2.45, 2.75) is 0 Å². The average Bonchev–Trinajstić information content (AvgIpc) is 3.60. The maximum atomic E-state index is 6.08. The van der Waals surface area contributed by atoms with Crippen LogP contribution in [0.25, 0.3) is 110 Å². The molecule has 0 unspecified atom stereocenters. The molecule has 0 aliphatic rings. The minimum absolute atomic E-state index is 0.921. The van der Waals surface area contributed by atoms with E-state index in [1.54, 1.807) is 0 Å². The molecular weight excluding hydrogens is 641 g/mol. The molecule has 0 saturated heterocycles. The van der Waals surface area contributed by atoms with Crippen LogP contribution in [-0.4, -0.2) is 0 Å². The Morgan fingerprint density at radius 1 is 0.226 bits per heavy atom. The molecule has 0 bridgehead atoms. The maximum absolute atomic E-state index is 6.08. The van der Waals surface area contributed by atoms with E-state index in [-0.39, 0.29) is 0 Å². The lowest BCUT2D eigenvalue weighted by atomic mass is 9.85. The van der Waals surface area contributed by atoms with Gasteiger partial charge in [-0.05, 0) is 130 Å². The van der Waals surface area contributed by atoms with Crippen LogP contribution in [0.4, 0.5) is 0 Å². The fourth-order valence-corrected chi connectivity index (χ4v) is 8.46. The first kappa shape index (κ1) is 29.7. The normalized spacial score (nSPS) is 11.8. The van der Waals surface area contributed by atoms with Crippen LogP contribution in [0, 0.1) is 0 Å². The van der Waals surface area contributed by atoms with E-state index in [9.17, 15) is 0 Å². The molecule has 246 valence electrons. The van der Waals surface area contributed by atoms with Gasteiger partial charge < -0.3 is 4.42 Å². The van der Waals surface area contributed by atoms with Gasteiger partial charge in [-0.25, -0.2) is 0 Å². The molecule has 1 heteroatoms. The second kappa shape index (κ2) is 11.8. The quantitative estimate of drug-likeness (QED) is 0.170. The molecule has 0 aliphatic carbocycles. The molecule has 0 spiro atoms. The molecular formula is C52H32O. The highest BCUT2D eigenvalue weighted by molar-refractivity contribution is 6.22. The van der Waals surface area contributed by atoms with Crippen molar-refractivity contribution in [1.29, 1.82) is 0 Å². The van der Waals surface area contributed by atoms with Crippen LogP contribution in [0.2, 0.25) is 0 Å². The zero-order chi connectivity index (χ0) is 34.9. The molecule has 0 aliphatic heterocycles. The monoisotopic (exact) mass is 672 g/mol. The predicted octanol–water partition coefficient (Wildman–Crippen LogP) is 14.9. The Bertz CT molecular complexity index is 3180. The summed E-state index contributed by atoms with van der Waals surface area (Å²) in [5.41, 5.74) is 11.7. The fourth-order valence-electron chi connectivity index (χ4n) is 8.46. The Morgan fingerprint density at radius 3 is 1.32 bits per heavy atom. The van der Waals surface area contributed by atoms with Crippen molar-refractivity contribution in [3.63, 3.8) is 0 Å². The summed E-state index contributed by atoms with van der Waals surface area (Å²) in [5, 5.41) is 12.3. The molecule has 0 amide bonds. The van der Waals surface area contributed by atoms with Gasteiger partial charge in [-0.3, -0.25) is 0 Å². The number of hydrogen-bond acceptors (Lipinski definition) is 1. The van der Waals surface area contributed by atoms with Gasteiger partial charge in [0.15, 0.2) is 0 Å². The van der Waals surface area contributed by atoms with Gasteiger partial charge in [-0.2, -0.15) is 0 Å². The van der Waals surface area contributed by atoms with Crippen molar-refractivity contribution in [3.05, 3.63) is 194 Å². The summed E-state index contributed by atoms with van der Waals surface area (Å²) in [4.78, 5) is 0. The van der Waals surface area contributed by atoms with Crippen LogP contribution in [0.5, 0.6) is 0 Å². The number of hydrogen-bond donors (Lipinski definition) is 0. The van der Waals surface area contributed by atoms with E-state index in [1.807, 2.05) is 12.1 Å². The van der Waals surface area contributed by atoms with Crippen molar-refractivity contribution in [2.24, 2.45) is 0 Å². The van der Waals surface area contributed by atoms with Gasteiger partial charge in [0.05, 0.1) is 0 Å². The standard InChI is InChI=1S/C52H32O/c1-2-11-34-30-42(25-20-33(34)10-1)52-46-17-5-3-15-44(46)51(45-16-4-6-18-47(45)52)41-13-9-12-35(31-41)36-21-22-38-29-39(24-23-37(38)28-36)40-26-27-50-48(32-40)43-14-7-8-19-49(43)53-50/h1-32H. The van der Waals surface area contributed by atoms with Crippen LogP contribution in [0.15, 0.2) is 199 Å². The largest absolute Gasteiger partial charge is 0.456 e. The lowest BCUT2D eigenvalue weighted by Gasteiger charge is -2.18. The zero-order valence-electron chi connectivity index (χ0n) is 28.9. The van der Waals surface area contributed by atoms with Gasteiger partial charge in [0.1, 0.15) is 11.2 Å². The number of benzene rings is 10. The number of fused-ring (bicyclic) bond motifs is 7. The first-order valence-electron chi connectivity index (χ1n) is 18.2. The number of rotatable bonds is 4. The average molecular weight is 673 g/mol. The zero-order valence-corrected chi connectivity index (χ0v) is 28.9. The summed E-state index contributed by atoms with van der Waals surface area (Å²) >= 11 is 0. The summed E-state index contributed by atoms with van der Waals surface area (Å²) in [7, 11) is 0. The summed E-state index contributed by atoms with van der Waals surface area (Å²) in [5.74, 6) is 0. The first-order chi connectivity index (χ1) is 26.2. The van der Waals surface area contributed by atoms with Crippen molar-refractivity contribution >= 4 is 65.0 Å². The van der Waals surface area contributed by atoms with Crippen LogP contribution in [0.3, 0.4) is 0 Å². The molecule has 1 nitrogen and oxygen atoms in total. The van der Waals surface area contributed by atoms with Crippen LogP contribution in [-0.2, 0) is 0 Å². The van der Waals surface area contributed by atoms with Crippen molar-refractivity contribution in [1.82, 2.24) is 0 Å². The fraction of sp³-hybridized carbons (Fsp3) is 0. The van der Waals surface area contributed by atoms with Crippen molar-refractivity contribution in [3.8, 4) is 44.5 Å². The maximum Gasteiger partial charge on any atom is 0.135 e. The Kier molecular flexibility index (Phi) is 6.62. The molecule has 11 rings (SSSR count). The number of furan rings is 1. The van der Waals surface area contributed by atoms with Crippen LogP contribution < -0.4 is 0 Å². The minimum atomic E-state index is 0.921. The molecule has 0 radical (unpaired) electrons. The highest BCUT2D eigenvalue weighted by Crippen LogP contribution is 2.45. The van der Waals surface area contributed by atoms with E-state index < -0.39 is 0 Å². The predicted molar refractivity (Wildman–Crippen MR) is 225 cm³/mol. The smallest absolute Gasteiger partial charge is 0.135 e. The third kappa shape index (κ3) is 4.86. The van der Waals surface area contributed by atoms with Gasteiger partial charge in [-0.15, -0.1) is 0 Å². The minimum Gasteiger partial charge on any atom is -0.456 e. The molecule has 1 aromatic heterocycles. The summed E-state index contributed by atoms with van der Waals surface area (Å²) in [6.07, 6.45) is 0. The number of para-hydroxylation sites is 1. The molecule has 0 atom stereocenters. The first-order valence-corrected chi connectivity index (χ1v) is 18.2. The van der Waals surface area contributed by atoms with Gasteiger partial charge in [0.2, 0.25) is 0 Å². The second-order valence-corrected chi connectivity index (χ2v) is 14.1. The highest BCUT2D eigenvalue weighted by atomic mass is 16.3. The SMILES string of the molecule is c1cc(-c2ccc3cc(-c4ccc5oc6ccccc6c5c4)ccc3c2)cc(-c2c3ccccc3c(-c3ccc4ccccc4c3)c3ccccc23)c1. The molecule has 10 aromatic carbocycles. The third-order valence-corrected chi connectivity index (χ3v) is 11.0.